The van der Waals surface area contributed by atoms with E-state index in [1.54, 1.807) is 19.1 Å². The van der Waals surface area contributed by atoms with Crippen molar-refractivity contribution < 1.29 is 19.0 Å². The predicted molar refractivity (Wildman–Crippen MR) is 110 cm³/mol. The molecule has 1 atom stereocenters. The molecule has 28 heavy (non-hydrogen) atoms. The molecule has 3 aromatic carbocycles. The van der Waals surface area contributed by atoms with Gasteiger partial charge in [-0.05, 0) is 42.0 Å². The molecule has 3 aromatic rings. The molecule has 1 heterocycles. The minimum Gasteiger partial charge on any atom is -0.492 e. The molecule has 4 rings (SSSR count). The van der Waals surface area contributed by atoms with Crippen molar-refractivity contribution in [2.45, 2.75) is 26.3 Å². The van der Waals surface area contributed by atoms with Crippen molar-refractivity contribution in [3.8, 4) is 11.5 Å². The van der Waals surface area contributed by atoms with Gasteiger partial charge in [0.25, 0.3) is 0 Å². The van der Waals surface area contributed by atoms with E-state index >= 15 is 0 Å². The molecule has 0 spiro atoms. The molecule has 0 N–H and O–H groups in total. The van der Waals surface area contributed by atoms with Crippen molar-refractivity contribution in [3.63, 3.8) is 0 Å². The Bertz CT molecular complexity index is 1060. The molecule has 1 unspecified atom stereocenters. The number of hydrogen-bond acceptors (Lipinski definition) is 4. The van der Waals surface area contributed by atoms with Crippen molar-refractivity contribution in [2.24, 2.45) is 0 Å². The molecule has 1 aliphatic rings. The fourth-order valence-corrected chi connectivity index (χ4v) is 4.43. The van der Waals surface area contributed by atoms with Gasteiger partial charge in [-0.2, -0.15) is 0 Å². The third-order valence-corrected chi connectivity index (χ3v) is 5.66. The molecule has 5 nitrogen and oxygen atoms in total. The van der Waals surface area contributed by atoms with Crippen LogP contribution in [0.25, 0.3) is 21.5 Å². The van der Waals surface area contributed by atoms with Gasteiger partial charge in [0.15, 0.2) is 11.5 Å². The highest BCUT2D eigenvalue weighted by Gasteiger charge is 2.34. The van der Waals surface area contributed by atoms with E-state index in [-0.39, 0.29) is 12.1 Å². The number of carbonyl (C=O) groups excluding carboxylic acids is 1. The Balaban J connectivity index is 2.04. The monoisotopic (exact) mass is 379 g/mol. The number of fused-ring (bicyclic) bond motifs is 5. The molecule has 0 aliphatic carbocycles. The Morgan fingerprint density at radius 1 is 1.07 bits per heavy atom. The standard InChI is InChI=1S/C23H25NO4/c1-5-28-23(25)24-13-12-18-17-11-10-15-8-6-7-9-16(15)20(17)22(27-4)21(26-3)19(18)14(24)2/h6-11,14H,5,12-13H2,1-4H3. The fourth-order valence-electron chi connectivity index (χ4n) is 4.43. The number of methoxy groups -OCH3 is 2. The van der Waals surface area contributed by atoms with Crippen LogP contribution in [0.1, 0.15) is 31.0 Å². The van der Waals surface area contributed by atoms with Crippen LogP contribution in [0.4, 0.5) is 4.79 Å². The maximum atomic E-state index is 12.4. The maximum absolute atomic E-state index is 12.4. The normalized spacial score (nSPS) is 16.1. The molecule has 146 valence electrons. The third kappa shape index (κ3) is 2.65. The number of benzene rings is 3. The molecule has 5 heteroatoms. The Labute approximate surface area is 164 Å². The zero-order chi connectivity index (χ0) is 19.8. The second-order valence-electron chi connectivity index (χ2n) is 6.99. The van der Waals surface area contributed by atoms with Crippen LogP contribution in [0.5, 0.6) is 11.5 Å². The van der Waals surface area contributed by atoms with E-state index in [0.717, 1.165) is 33.5 Å². The highest BCUT2D eigenvalue weighted by Crippen LogP contribution is 2.49. The number of amides is 1. The van der Waals surface area contributed by atoms with Crippen LogP contribution in [0.15, 0.2) is 36.4 Å². The van der Waals surface area contributed by atoms with Gasteiger partial charge in [-0.25, -0.2) is 4.79 Å². The van der Waals surface area contributed by atoms with Crippen LogP contribution >= 0.6 is 0 Å². The Morgan fingerprint density at radius 2 is 1.82 bits per heavy atom. The van der Waals surface area contributed by atoms with Gasteiger partial charge in [-0.3, -0.25) is 0 Å². The highest BCUT2D eigenvalue weighted by atomic mass is 16.6. The van der Waals surface area contributed by atoms with Gasteiger partial charge in [0.05, 0.1) is 26.9 Å². The summed E-state index contributed by atoms with van der Waals surface area (Å²) in [7, 11) is 3.33. The van der Waals surface area contributed by atoms with Crippen molar-refractivity contribution >= 4 is 27.6 Å². The molecule has 1 aliphatic heterocycles. The molecular weight excluding hydrogens is 354 g/mol. The zero-order valence-electron chi connectivity index (χ0n) is 16.7. The van der Waals surface area contributed by atoms with Crippen LogP contribution in [0.2, 0.25) is 0 Å². The smallest absolute Gasteiger partial charge is 0.410 e. The summed E-state index contributed by atoms with van der Waals surface area (Å²) in [5, 5.41) is 4.51. The van der Waals surface area contributed by atoms with Crippen LogP contribution in [0.3, 0.4) is 0 Å². The van der Waals surface area contributed by atoms with E-state index in [9.17, 15) is 4.79 Å². The van der Waals surface area contributed by atoms with Crippen molar-refractivity contribution in [1.82, 2.24) is 4.90 Å². The van der Waals surface area contributed by atoms with Gasteiger partial charge < -0.3 is 19.1 Å². The maximum Gasteiger partial charge on any atom is 0.410 e. The highest BCUT2D eigenvalue weighted by molar-refractivity contribution is 6.13. The Hall–Kier alpha value is -2.95. The van der Waals surface area contributed by atoms with Crippen molar-refractivity contribution in [3.05, 3.63) is 47.5 Å². The first-order chi connectivity index (χ1) is 13.6. The summed E-state index contributed by atoms with van der Waals surface area (Å²) in [6.07, 6.45) is 0.452. The van der Waals surface area contributed by atoms with Crippen molar-refractivity contribution in [2.75, 3.05) is 27.4 Å². The Kier molecular flexibility index (Phi) is 4.75. The quantitative estimate of drug-likeness (QED) is 0.595. The van der Waals surface area contributed by atoms with Gasteiger partial charge in [-0.1, -0.05) is 36.4 Å². The minimum atomic E-state index is -0.291. The number of carbonyl (C=O) groups is 1. The van der Waals surface area contributed by atoms with E-state index in [1.165, 1.54) is 5.56 Å². The lowest BCUT2D eigenvalue weighted by Gasteiger charge is -2.36. The lowest BCUT2D eigenvalue weighted by atomic mass is 9.86. The average Bonchev–Trinajstić information content (AvgIpc) is 2.72. The zero-order valence-corrected chi connectivity index (χ0v) is 16.7. The second kappa shape index (κ2) is 7.23. The van der Waals surface area contributed by atoms with Gasteiger partial charge in [0, 0.05) is 17.5 Å². The fraction of sp³-hybridized carbons (Fsp3) is 0.348. The van der Waals surface area contributed by atoms with Crippen LogP contribution < -0.4 is 9.47 Å². The number of nitrogens with zero attached hydrogens (tertiary/aromatic N) is 1. The van der Waals surface area contributed by atoms with E-state index < -0.39 is 0 Å². The molecule has 1 amide bonds. The first kappa shape index (κ1) is 18.4. The first-order valence-electron chi connectivity index (χ1n) is 9.63. The van der Waals surface area contributed by atoms with Gasteiger partial charge in [-0.15, -0.1) is 0 Å². The summed E-state index contributed by atoms with van der Waals surface area (Å²) in [6, 6.07) is 12.4. The van der Waals surface area contributed by atoms with Crippen molar-refractivity contribution in [1.29, 1.82) is 0 Å². The number of hydrogen-bond donors (Lipinski definition) is 0. The number of rotatable bonds is 3. The lowest BCUT2D eigenvalue weighted by molar-refractivity contribution is 0.0896. The van der Waals surface area contributed by atoms with Crippen LogP contribution in [-0.4, -0.2) is 38.4 Å². The van der Waals surface area contributed by atoms with Gasteiger partial charge in [0.1, 0.15) is 0 Å². The third-order valence-electron chi connectivity index (χ3n) is 5.66. The predicted octanol–water partition coefficient (Wildman–Crippen LogP) is 5.09. The van der Waals surface area contributed by atoms with E-state index in [4.69, 9.17) is 14.2 Å². The van der Waals surface area contributed by atoms with E-state index in [1.807, 2.05) is 26.0 Å². The summed E-state index contributed by atoms with van der Waals surface area (Å²) in [5.41, 5.74) is 2.22. The van der Waals surface area contributed by atoms with Gasteiger partial charge in [0.2, 0.25) is 0 Å². The molecule has 0 fully saturated rings. The SMILES string of the molecule is CCOC(=O)N1CCc2c(c(OC)c(OC)c3c2ccc2ccccc23)C1C. The summed E-state index contributed by atoms with van der Waals surface area (Å²) >= 11 is 0. The summed E-state index contributed by atoms with van der Waals surface area (Å²) in [6.45, 7) is 4.82. The second-order valence-corrected chi connectivity index (χ2v) is 6.99. The largest absolute Gasteiger partial charge is 0.492 e. The molecule has 0 saturated heterocycles. The van der Waals surface area contributed by atoms with E-state index in [2.05, 4.69) is 24.3 Å². The average molecular weight is 379 g/mol. The molecule has 0 bridgehead atoms. The summed E-state index contributed by atoms with van der Waals surface area (Å²) in [5.74, 6) is 1.41. The van der Waals surface area contributed by atoms with E-state index in [0.29, 0.717) is 24.7 Å². The lowest BCUT2D eigenvalue weighted by Crippen LogP contribution is -2.39. The molecular formula is C23H25NO4. The molecule has 0 saturated carbocycles. The topological polar surface area (TPSA) is 48.0 Å². The summed E-state index contributed by atoms with van der Waals surface area (Å²) < 4.78 is 17.0. The van der Waals surface area contributed by atoms with Gasteiger partial charge >= 0.3 is 6.09 Å². The molecule has 0 radical (unpaired) electrons. The van der Waals surface area contributed by atoms with Crippen LogP contribution in [-0.2, 0) is 11.2 Å². The summed E-state index contributed by atoms with van der Waals surface area (Å²) in [4.78, 5) is 14.2. The number of ether oxygens (including phenoxy) is 3. The first-order valence-corrected chi connectivity index (χ1v) is 9.63. The molecule has 0 aromatic heterocycles. The Morgan fingerprint density at radius 3 is 2.54 bits per heavy atom. The minimum absolute atomic E-state index is 0.164. The van der Waals surface area contributed by atoms with Crippen LogP contribution in [0, 0.1) is 0 Å².